The van der Waals surface area contributed by atoms with E-state index in [0.717, 1.165) is 5.96 Å². The summed E-state index contributed by atoms with van der Waals surface area (Å²) in [6, 6.07) is -0.598. The molecule has 0 aromatic carbocycles. The van der Waals surface area contributed by atoms with Crippen LogP contribution in [0.3, 0.4) is 0 Å². The molecule has 12 heteroatoms. The van der Waals surface area contributed by atoms with Gasteiger partial charge in [0.25, 0.3) is 0 Å². The van der Waals surface area contributed by atoms with Crippen LogP contribution in [-0.4, -0.2) is 72.3 Å². The van der Waals surface area contributed by atoms with Crippen LogP contribution in [-0.2, 0) is 19.4 Å². The lowest BCUT2D eigenvalue weighted by molar-refractivity contribution is -0.620. The van der Waals surface area contributed by atoms with E-state index in [1.54, 1.807) is 0 Å². The van der Waals surface area contributed by atoms with Crippen molar-refractivity contribution in [2.24, 2.45) is 5.92 Å². The van der Waals surface area contributed by atoms with Gasteiger partial charge in [0.1, 0.15) is 6.04 Å². The SMILES string of the molecule is CC1C(OS(=O)(=O)O)CC2CC(CC3CC(=O)NC(=O)N3)NC3=[N+]2[13CH]1[13CH2]N3. The summed E-state index contributed by atoms with van der Waals surface area (Å²) < 4.78 is 38.7. The van der Waals surface area contributed by atoms with E-state index < -0.39 is 22.5 Å². The highest BCUT2D eigenvalue weighted by molar-refractivity contribution is 7.80. The molecule has 0 aromatic rings. The molecule has 0 bridgehead atoms. The summed E-state index contributed by atoms with van der Waals surface area (Å²) in [5, 5.41) is 11.8. The minimum absolute atomic E-state index is 0.0171. The summed E-state index contributed by atoms with van der Waals surface area (Å²) in [7, 11) is -4.51. The number of nitrogens with zero attached hydrogens (tertiary/aromatic N) is 1. The van der Waals surface area contributed by atoms with Crippen molar-refractivity contribution in [3.8, 4) is 0 Å². The largest absolute Gasteiger partial charge is 0.397 e. The number of urea groups is 1. The van der Waals surface area contributed by atoms with Crippen LogP contribution in [0.1, 0.15) is 32.6 Å². The Kier molecular flexibility index (Phi) is 4.51. The maximum absolute atomic E-state index is 11.6. The van der Waals surface area contributed by atoms with Gasteiger partial charge in [0, 0.05) is 37.6 Å². The molecule has 150 valence electrons. The van der Waals surface area contributed by atoms with E-state index in [-0.39, 0.29) is 42.4 Å². The molecule has 4 heterocycles. The van der Waals surface area contributed by atoms with Crippen LogP contribution in [0.4, 0.5) is 4.79 Å². The molecule has 6 atom stereocenters. The fraction of sp³-hybridized carbons (Fsp3) is 0.800. The normalized spacial score (nSPS) is 38.4. The predicted octanol–water partition coefficient (Wildman–Crippen LogP) is -1.73. The van der Waals surface area contributed by atoms with Crippen molar-refractivity contribution in [3.05, 3.63) is 0 Å². The smallest absolute Gasteiger partial charge is 0.334 e. The number of nitrogens with one attached hydrogen (secondary N) is 4. The average molecular weight is 404 g/mol. The van der Waals surface area contributed by atoms with Crippen LogP contribution in [0.5, 0.6) is 0 Å². The molecule has 27 heavy (non-hydrogen) atoms. The number of piperidine rings is 1. The fourth-order valence-corrected chi connectivity index (χ4v) is 5.37. The number of hydrogen-bond donors (Lipinski definition) is 5. The highest BCUT2D eigenvalue weighted by Crippen LogP contribution is 2.34. The summed E-state index contributed by atoms with van der Waals surface area (Å²) >= 11 is 0. The Balaban J connectivity index is 1.49. The van der Waals surface area contributed by atoms with Gasteiger partial charge in [0.05, 0.1) is 24.7 Å². The van der Waals surface area contributed by atoms with Gasteiger partial charge in [-0.15, -0.1) is 0 Å². The zero-order valence-electron chi connectivity index (χ0n) is 14.8. The zero-order valence-corrected chi connectivity index (χ0v) is 15.7. The number of hydrogen-bond acceptors (Lipinski definition) is 7. The minimum Gasteiger partial charge on any atom is -0.334 e. The number of rotatable bonds is 4. The van der Waals surface area contributed by atoms with E-state index in [2.05, 4.69) is 25.8 Å². The van der Waals surface area contributed by atoms with E-state index in [1.807, 2.05) is 6.92 Å². The molecule has 5 N–H and O–H groups in total. The number of imide groups is 1. The van der Waals surface area contributed by atoms with Crippen molar-refractivity contribution in [3.63, 3.8) is 0 Å². The van der Waals surface area contributed by atoms with E-state index >= 15 is 0 Å². The molecule has 4 aliphatic rings. The molecule has 0 aliphatic carbocycles. The zero-order chi connectivity index (χ0) is 19.3. The summed E-state index contributed by atoms with van der Waals surface area (Å²) in [4.78, 5) is 23.1. The van der Waals surface area contributed by atoms with Crippen molar-refractivity contribution in [1.82, 2.24) is 21.3 Å². The van der Waals surface area contributed by atoms with E-state index in [0.29, 0.717) is 25.8 Å². The monoisotopic (exact) mass is 404 g/mol. The molecule has 6 unspecified atom stereocenters. The fourth-order valence-electron chi connectivity index (χ4n) is 4.81. The first-order chi connectivity index (χ1) is 12.7. The maximum Gasteiger partial charge on any atom is 0.397 e. The first-order valence-corrected chi connectivity index (χ1v) is 10.5. The third kappa shape index (κ3) is 3.73. The Bertz CT molecular complexity index is 783. The van der Waals surface area contributed by atoms with Gasteiger partial charge in [-0.3, -0.25) is 29.9 Å². The van der Waals surface area contributed by atoms with Crippen molar-refractivity contribution in [1.29, 1.82) is 0 Å². The lowest BCUT2D eigenvalue weighted by Gasteiger charge is -2.41. The highest BCUT2D eigenvalue weighted by atomic mass is 32.3. The summed E-state index contributed by atoms with van der Waals surface area (Å²) in [6.07, 6.45) is 1.41. The Hall–Kier alpha value is -1.92. The van der Waals surface area contributed by atoms with Crippen LogP contribution < -0.4 is 21.3 Å². The van der Waals surface area contributed by atoms with E-state index in [9.17, 15) is 18.0 Å². The number of carbonyl (C=O) groups excluding carboxylic acids is 2. The van der Waals surface area contributed by atoms with Crippen LogP contribution in [0, 0.1) is 5.92 Å². The third-order valence-corrected chi connectivity index (χ3v) is 6.41. The summed E-state index contributed by atoms with van der Waals surface area (Å²) in [6.45, 7) is 2.57. The van der Waals surface area contributed by atoms with Gasteiger partial charge in [-0.1, -0.05) is 6.92 Å². The van der Waals surface area contributed by atoms with Gasteiger partial charge in [0.2, 0.25) is 5.91 Å². The second-order valence-electron chi connectivity index (χ2n) is 7.75. The first-order valence-electron chi connectivity index (χ1n) is 9.11. The average Bonchev–Trinajstić information content (AvgIpc) is 2.94. The molecule has 4 rings (SSSR count). The lowest BCUT2D eigenvalue weighted by Crippen LogP contribution is -2.60. The van der Waals surface area contributed by atoms with Gasteiger partial charge in [-0.05, 0) is 0 Å². The van der Waals surface area contributed by atoms with E-state index in [4.69, 9.17) is 8.74 Å². The Morgan fingerprint density at radius 1 is 1.22 bits per heavy atom. The van der Waals surface area contributed by atoms with Gasteiger partial charge in [0.15, 0.2) is 0 Å². The molecule has 0 saturated carbocycles. The van der Waals surface area contributed by atoms with Gasteiger partial charge in [-0.25, -0.2) is 8.98 Å². The third-order valence-electron chi connectivity index (χ3n) is 5.92. The van der Waals surface area contributed by atoms with Gasteiger partial charge in [-0.2, -0.15) is 8.42 Å². The summed E-state index contributed by atoms with van der Waals surface area (Å²) in [5.41, 5.74) is 0. The predicted molar refractivity (Wildman–Crippen MR) is 92.3 cm³/mol. The highest BCUT2D eigenvalue weighted by Gasteiger charge is 2.51. The molecule has 0 aromatic heterocycles. The minimum atomic E-state index is -4.51. The van der Waals surface area contributed by atoms with Crippen LogP contribution >= 0.6 is 0 Å². The van der Waals surface area contributed by atoms with Gasteiger partial charge < -0.3 is 5.32 Å². The van der Waals surface area contributed by atoms with Crippen molar-refractivity contribution in [2.75, 3.05) is 6.54 Å². The second-order valence-corrected chi connectivity index (χ2v) is 8.80. The quantitative estimate of drug-likeness (QED) is 0.211. The standard InChI is InChI=1S/C15H23N5O6S/c1-7-11-6-16-14-17-8(2-9-4-13(21)19-15(22)18-9)3-10(20(11)14)5-12(7)26-27(23,24)25/h7-12H,2-6H2,1H3,(H4,16,17,18,19,21,22,23,24,25)/p+1/i6+1,11+1. The number of carbonyl (C=O) groups is 2. The van der Waals surface area contributed by atoms with Crippen LogP contribution in [0.25, 0.3) is 0 Å². The number of amides is 3. The molecule has 4 aliphatic heterocycles. The Labute approximate surface area is 156 Å². The van der Waals surface area contributed by atoms with Crippen molar-refractivity contribution < 1.29 is 31.3 Å². The maximum atomic E-state index is 11.6. The van der Waals surface area contributed by atoms with Crippen molar-refractivity contribution in [2.45, 2.75) is 62.9 Å². The molecule has 0 radical (unpaired) electrons. The molecular weight excluding hydrogens is 380 g/mol. The van der Waals surface area contributed by atoms with Crippen molar-refractivity contribution >= 4 is 28.3 Å². The molecule has 11 nitrogen and oxygen atoms in total. The molecular formula is C15H24N5O6S+. The first kappa shape index (κ1) is 18.4. The number of guanidine groups is 1. The second kappa shape index (κ2) is 6.60. The van der Waals surface area contributed by atoms with Crippen LogP contribution in [0.2, 0.25) is 0 Å². The topological polar surface area (TPSA) is 149 Å². The Morgan fingerprint density at radius 2 is 2.00 bits per heavy atom. The summed E-state index contributed by atoms with van der Waals surface area (Å²) in [5.74, 6) is 0.527. The Morgan fingerprint density at radius 3 is 2.70 bits per heavy atom. The van der Waals surface area contributed by atoms with Crippen LogP contribution in [0.15, 0.2) is 0 Å². The van der Waals surface area contributed by atoms with Gasteiger partial charge >= 0.3 is 22.4 Å². The molecule has 3 amide bonds. The molecule has 2 saturated heterocycles. The lowest BCUT2D eigenvalue weighted by atomic mass is 9.89. The molecule has 2 fully saturated rings. The van der Waals surface area contributed by atoms with E-state index in [1.165, 1.54) is 0 Å². The molecule has 0 spiro atoms.